The van der Waals surface area contributed by atoms with Crippen LogP contribution < -0.4 is 5.32 Å². The first-order valence-corrected chi connectivity index (χ1v) is 6.34. The van der Waals surface area contributed by atoms with Crippen LogP contribution in [-0.2, 0) is 0 Å². The Hall–Kier alpha value is -0.540. The van der Waals surface area contributed by atoms with Gasteiger partial charge >= 0.3 is 0 Å². The molecule has 2 rings (SSSR count). The van der Waals surface area contributed by atoms with Gasteiger partial charge in [-0.2, -0.15) is 5.10 Å². The van der Waals surface area contributed by atoms with Gasteiger partial charge in [0, 0.05) is 6.04 Å². The highest BCUT2D eigenvalue weighted by molar-refractivity contribution is 6.31. The lowest BCUT2D eigenvalue weighted by Crippen LogP contribution is -2.24. The fourth-order valence-electron chi connectivity index (χ4n) is 2.42. The standard InChI is InChI=1S/C12H20ClN3/c1-7(2)16-12(10(13)6-15-16)11(14-4)9-5-8(9)3/h6-9,11,14H,5H2,1-4H3. The van der Waals surface area contributed by atoms with Crippen molar-refractivity contribution in [3.63, 3.8) is 0 Å². The van der Waals surface area contributed by atoms with Crippen molar-refractivity contribution in [1.29, 1.82) is 0 Å². The van der Waals surface area contributed by atoms with Crippen LogP contribution >= 0.6 is 11.6 Å². The Morgan fingerprint density at radius 1 is 1.56 bits per heavy atom. The average Bonchev–Trinajstić information content (AvgIpc) is 2.80. The van der Waals surface area contributed by atoms with Crippen molar-refractivity contribution in [1.82, 2.24) is 15.1 Å². The summed E-state index contributed by atoms with van der Waals surface area (Å²) < 4.78 is 2.04. The molecule has 1 fully saturated rings. The molecule has 16 heavy (non-hydrogen) atoms. The molecule has 3 unspecified atom stereocenters. The normalized spacial score (nSPS) is 26.1. The number of nitrogens with one attached hydrogen (secondary N) is 1. The lowest BCUT2D eigenvalue weighted by molar-refractivity contribution is 0.426. The van der Waals surface area contributed by atoms with Crippen LogP contribution in [0.5, 0.6) is 0 Å². The van der Waals surface area contributed by atoms with Crippen molar-refractivity contribution in [2.45, 2.75) is 39.3 Å². The van der Waals surface area contributed by atoms with Gasteiger partial charge in [0.15, 0.2) is 0 Å². The molecule has 1 N–H and O–H groups in total. The van der Waals surface area contributed by atoms with E-state index < -0.39 is 0 Å². The first-order valence-electron chi connectivity index (χ1n) is 5.96. The summed E-state index contributed by atoms with van der Waals surface area (Å²) in [5.41, 5.74) is 1.15. The Morgan fingerprint density at radius 3 is 2.62 bits per heavy atom. The molecule has 0 spiro atoms. The van der Waals surface area contributed by atoms with Gasteiger partial charge in [0.25, 0.3) is 0 Å². The Balaban J connectivity index is 2.33. The number of rotatable bonds is 4. The second-order valence-electron chi connectivity index (χ2n) is 5.06. The molecule has 1 aromatic rings. The minimum atomic E-state index is 0.340. The fraction of sp³-hybridized carbons (Fsp3) is 0.750. The highest BCUT2D eigenvalue weighted by Gasteiger charge is 2.41. The molecular formula is C12H20ClN3. The van der Waals surface area contributed by atoms with E-state index in [9.17, 15) is 0 Å². The summed E-state index contributed by atoms with van der Waals surface area (Å²) in [6.45, 7) is 6.56. The Morgan fingerprint density at radius 2 is 2.19 bits per heavy atom. The monoisotopic (exact) mass is 241 g/mol. The van der Waals surface area contributed by atoms with Crippen molar-refractivity contribution in [3.8, 4) is 0 Å². The number of hydrogen-bond donors (Lipinski definition) is 1. The molecular weight excluding hydrogens is 222 g/mol. The summed E-state index contributed by atoms with van der Waals surface area (Å²) in [5, 5.41) is 8.54. The molecule has 1 aliphatic rings. The average molecular weight is 242 g/mol. The molecule has 0 bridgehead atoms. The van der Waals surface area contributed by atoms with E-state index in [1.165, 1.54) is 6.42 Å². The van der Waals surface area contributed by atoms with Gasteiger partial charge in [-0.25, -0.2) is 0 Å². The SMILES string of the molecule is CNC(c1c(Cl)cnn1C(C)C)C1CC1C. The van der Waals surface area contributed by atoms with Crippen molar-refractivity contribution >= 4 is 11.6 Å². The molecule has 0 aromatic carbocycles. The summed E-state index contributed by atoms with van der Waals surface area (Å²) in [5.74, 6) is 1.50. The van der Waals surface area contributed by atoms with E-state index in [2.05, 4.69) is 31.2 Å². The van der Waals surface area contributed by atoms with E-state index in [-0.39, 0.29) is 0 Å². The number of aromatic nitrogens is 2. The van der Waals surface area contributed by atoms with Crippen molar-refractivity contribution < 1.29 is 0 Å². The third kappa shape index (κ3) is 1.98. The van der Waals surface area contributed by atoms with Crippen LogP contribution in [0.1, 0.15) is 45.0 Å². The van der Waals surface area contributed by atoms with Crippen molar-refractivity contribution in [2.75, 3.05) is 7.05 Å². The predicted molar refractivity (Wildman–Crippen MR) is 66.7 cm³/mol. The Labute approximate surface area is 102 Å². The number of hydrogen-bond acceptors (Lipinski definition) is 2. The molecule has 1 saturated carbocycles. The van der Waals surface area contributed by atoms with E-state index in [0.29, 0.717) is 18.0 Å². The van der Waals surface area contributed by atoms with Crippen LogP contribution in [0.3, 0.4) is 0 Å². The van der Waals surface area contributed by atoms with Crippen LogP contribution in [0, 0.1) is 11.8 Å². The zero-order chi connectivity index (χ0) is 11.9. The Kier molecular flexibility index (Phi) is 3.27. The molecule has 3 nitrogen and oxygen atoms in total. The quantitative estimate of drug-likeness (QED) is 0.878. The van der Waals surface area contributed by atoms with Gasteiger partial charge in [0.05, 0.1) is 23.0 Å². The summed E-state index contributed by atoms with van der Waals surface area (Å²) in [6, 6.07) is 0.694. The maximum absolute atomic E-state index is 6.26. The largest absolute Gasteiger partial charge is 0.311 e. The molecule has 0 radical (unpaired) electrons. The molecule has 1 aromatic heterocycles. The van der Waals surface area contributed by atoms with Crippen molar-refractivity contribution in [2.24, 2.45) is 11.8 Å². The lowest BCUT2D eigenvalue weighted by atomic mass is 10.1. The molecule has 0 saturated heterocycles. The summed E-state index contributed by atoms with van der Waals surface area (Å²) in [6.07, 6.45) is 3.04. The van der Waals surface area contributed by atoms with E-state index in [1.54, 1.807) is 6.20 Å². The summed E-state index contributed by atoms with van der Waals surface area (Å²) >= 11 is 6.26. The van der Waals surface area contributed by atoms with Crippen LogP contribution in [0.25, 0.3) is 0 Å². The van der Waals surface area contributed by atoms with Crippen LogP contribution in [0.2, 0.25) is 5.02 Å². The maximum atomic E-state index is 6.26. The van der Waals surface area contributed by atoms with Crippen molar-refractivity contribution in [3.05, 3.63) is 16.9 Å². The molecule has 90 valence electrons. The Bertz CT molecular complexity index is 372. The molecule has 1 heterocycles. The zero-order valence-corrected chi connectivity index (χ0v) is 11.1. The van der Waals surface area contributed by atoms with Crippen LogP contribution in [0.15, 0.2) is 6.20 Å². The zero-order valence-electron chi connectivity index (χ0n) is 10.4. The van der Waals surface area contributed by atoms with Gasteiger partial charge in [0.2, 0.25) is 0 Å². The minimum absolute atomic E-state index is 0.340. The third-order valence-electron chi connectivity index (χ3n) is 3.48. The predicted octanol–water partition coefficient (Wildman–Crippen LogP) is 3.03. The molecule has 3 atom stereocenters. The minimum Gasteiger partial charge on any atom is -0.311 e. The van der Waals surface area contributed by atoms with Gasteiger partial charge in [-0.15, -0.1) is 0 Å². The number of nitrogens with zero attached hydrogens (tertiary/aromatic N) is 2. The maximum Gasteiger partial charge on any atom is 0.0834 e. The van der Waals surface area contributed by atoms with E-state index in [0.717, 1.165) is 16.6 Å². The van der Waals surface area contributed by atoms with Gasteiger partial charge in [-0.3, -0.25) is 4.68 Å². The molecule has 0 amide bonds. The second-order valence-corrected chi connectivity index (χ2v) is 5.47. The van der Waals surface area contributed by atoms with Gasteiger partial charge in [0.1, 0.15) is 0 Å². The van der Waals surface area contributed by atoms with Gasteiger partial charge in [-0.05, 0) is 39.2 Å². The van der Waals surface area contributed by atoms with Gasteiger partial charge < -0.3 is 5.32 Å². The van der Waals surface area contributed by atoms with E-state index >= 15 is 0 Å². The first kappa shape index (κ1) is 11.9. The van der Waals surface area contributed by atoms with E-state index in [4.69, 9.17) is 11.6 Å². The highest BCUT2D eigenvalue weighted by Crippen LogP contribution is 2.48. The highest BCUT2D eigenvalue weighted by atomic mass is 35.5. The van der Waals surface area contributed by atoms with Crippen LogP contribution in [0.4, 0.5) is 0 Å². The first-order chi connectivity index (χ1) is 7.56. The third-order valence-corrected chi connectivity index (χ3v) is 3.77. The molecule has 0 aliphatic heterocycles. The molecule has 4 heteroatoms. The lowest BCUT2D eigenvalue weighted by Gasteiger charge is -2.20. The second kappa shape index (κ2) is 4.38. The van der Waals surface area contributed by atoms with E-state index in [1.807, 2.05) is 11.7 Å². The van der Waals surface area contributed by atoms with Crippen LogP contribution in [-0.4, -0.2) is 16.8 Å². The molecule has 1 aliphatic carbocycles. The topological polar surface area (TPSA) is 29.9 Å². The summed E-state index contributed by atoms with van der Waals surface area (Å²) in [7, 11) is 2.00. The smallest absolute Gasteiger partial charge is 0.0834 e. The number of halogens is 1. The summed E-state index contributed by atoms with van der Waals surface area (Å²) in [4.78, 5) is 0. The fourth-order valence-corrected chi connectivity index (χ4v) is 2.67. The van der Waals surface area contributed by atoms with Gasteiger partial charge in [-0.1, -0.05) is 18.5 Å².